The van der Waals surface area contributed by atoms with E-state index in [1.807, 2.05) is 31.2 Å². The lowest BCUT2D eigenvalue weighted by atomic mass is 10.3. The van der Waals surface area contributed by atoms with Gasteiger partial charge < -0.3 is 10.1 Å². The third-order valence-electron chi connectivity index (χ3n) is 2.17. The molecule has 0 aliphatic rings. The number of anilines is 2. The molecule has 6 heteroatoms. The molecule has 0 bridgehead atoms. The highest BCUT2D eigenvalue weighted by Crippen LogP contribution is 2.29. The maximum atomic E-state index is 5.18. The molecular weight excluding hydrogens is 278 g/mol. The highest BCUT2D eigenvalue weighted by Gasteiger charge is 2.05. The summed E-state index contributed by atoms with van der Waals surface area (Å²) in [6, 6.07) is 7.71. The van der Waals surface area contributed by atoms with Crippen LogP contribution in [-0.4, -0.2) is 23.1 Å². The van der Waals surface area contributed by atoms with Gasteiger partial charge in [0.2, 0.25) is 5.13 Å². The average molecular weight is 293 g/mol. The van der Waals surface area contributed by atoms with Gasteiger partial charge in [-0.2, -0.15) is 0 Å². The first-order valence-corrected chi connectivity index (χ1v) is 7.49. The zero-order valence-corrected chi connectivity index (χ0v) is 12.5. The average Bonchev–Trinajstić information content (AvgIpc) is 2.84. The minimum atomic E-state index is 0.775. The van der Waals surface area contributed by atoms with Crippen LogP contribution in [0.1, 0.15) is 6.92 Å². The van der Waals surface area contributed by atoms with Gasteiger partial charge in [0.1, 0.15) is 5.75 Å². The predicted molar refractivity (Wildman–Crippen MR) is 81.7 cm³/mol. The van der Waals surface area contributed by atoms with E-state index in [1.165, 1.54) is 11.3 Å². The summed E-state index contributed by atoms with van der Waals surface area (Å²) in [4.78, 5) is 0. The molecule has 0 unspecified atom stereocenters. The second-order valence-electron chi connectivity index (χ2n) is 3.98. The Labute approximate surface area is 120 Å². The normalized spacial score (nSPS) is 10.2. The first-order valence-electron chi connectivity index (χ1n) is 5.69. The summed E-state index contributed by atoms with van der Waals surface area (Å²) < 4.78 is 6.11. The van der Waals surface area contributed by atoms with Gasteiger partial charge >= 0.3 is 0 Å². The van der Waals surface area contributed by atoms with E-state index in [9.17, 15) is 0 Å². The van der Waals surface area contributed by atoms with Gasteiger partial charge in [-0.1, -0.05) is 41.3 Å². The van der Waals surface area contributed by atoms with Crippen LogP contribution in [0, 0.1) is 0 Å². The summed E-state index contributed by atoms with van der Waals surface area (Å²) in [5.41, 5.74) is 2.06. The lowest BCUT2D eigenvalue weighted by Gasteiger charge is -2.04. The molecule has 19 heavy (non-hydrogen) atoms. The lowest BCUT2D eigenvalue weighted by Crippen LogP contribution is -1.90. The van der Waals surface area contributed by atoms with Gasteiger partial charge in [-0.3, -0.25) is 0 Å². The van der Waals surface area contributed by atoms with Gasteiger partial charge in [-0.15, -0.1) is 10.2 Å². The van der Waals surface area contributed by atoms with E-state index in [4.69, 9.17) is 4.74 Å². The Morgan fingerprint density at radius 3 is 3.05 bits per heavy atom. The van der Waals surface area contributed by atoms with E-state index in [1.54, 1.807) is 18.9 Å². The summed E-state index contributed by atoms with van der Waals surface area (Å²) >= 11 is 3.18. The zero-order valence-electron chi connectivity index (χ0n) is 10.8. The van der Waals surface area contributed by atoms with Crippen LogP contribution >= 0.6 is 23.1 Å². The fraction of sp³-hybridized carbons (Fsp3) is 0.231. The van der Waals surface area contributed by atoms with E-state index in [-0.39, 0.29) is 0 Å². The standard InChI is InChI=1S/C13H15N3OS2/c1-9(2)8-18-13-16-15-12(19-13)14-10-5-4-6-11(7-10)17-3/h4-7H,1,8H2,2-3H3,(H,14,15). The molecule has 2 aromatic rings. The van der Waals surface area contributed by atoms with Gasteiger partial charge in [-0.25, -0.2) is 0 Å². The molecule has 2 rings (SSSR count). The van der Waals surface area contributed by atoms with Crippen LogP contribution in [0.3, 0.4) is 0 Å². The SMILES string of the molecule is C=C(C)CSc1nnc(Nc2cccc(OC)c2)s1. The quantitative estimate of drug-likeness (QED) is 0.645. The summed E-state index contributed by atoms with van der Waals surface area (Å²) in [7, 11) is 1.65. The fourth-order valence-corrected chi connectivity index (χ4v) is 2.94. The molecule has 1 N–H and O–H groups in total. The Hall–Kier alpha value is -1.53. The van der Waals surface area contributed by atoms with Crippen LogP contribution in [0.5, 0.6) is 5.75 Å². The van der Waals surface area contributed by atoms with Crippen molar-refractivity contribution >= 4 is 33.9 Å². The molecule has 0 saturated heterocycles. The number of ether oxygens (including phenoxy) is 1. The third kappa shape index (κ3) is 4.25. The minimum absolute atomic E-state index is 0.775. The molecule has 0 amide bonds. The van der Waals surface area contributed by atoms with Crippen LogP contribution in [0.4, 0.5) is 10.8 Å². The van der Waals surface area contributed by atoms with Crippen LogP contribution in [-0.2, 0) is 0 Å². The highest BCUT2D eigenvalue weighted by molar-refractivity contribution is 8.01. The molecule has 0 radical (unpaired) electrons. The van der Waals surface area contributed by atoms with Gasteiger partial charge in [0, 0.05) is 17.5 Å². The van der Waals surface area contributed by atoms with Crippen molar-refractivity contribution in [2.75, 3.05) is 18.2 Å². The van der Waals surface area contributed by atoms with Crippen molar-refractivity contribution in [1.82, 2.24) is 10.2 Å². The van der Waals surface area contributed by atoms with Gasteiger partial charge in [-0.05, 0) is 19.1 Å². The molecule has 0 aliphatic heterocycles. The van der Waals surface area contributed by atoms with Crippen molar-refractivity contribution in [2.45, 2.75) is 11.3 Å². The topological polar surface area (TPSA) is 47.0 Å². The number of methoxy groups -OCH3 is 1. The van der Waals surface area contributed by atoms with Crippen LogP contribution < -0.4 is 10.1 Å². The lowest BCUT2D eigenvalue weighted by molar-refractivity contribution is 0.415. The summed E-state index contributed by atoms with van der Waals surface area (Å²) in [6.07, 6.45) is 0. The molecule has 4 nitrogen and oxygen atoms in total. The molecule has 0 atom stereocenters. The maximum absolute atomic E-state index is 5.18. The Balaban J connectivity index is 2.00. The van der Waals surface area contributed by atoms with Gasteiger partial charge in [0.25, 0.3) is 0 Å². The van der Waals surface area contributed by atoms with Crippen molar-refractivity contribution in [1.29, 1.82) is 0 Å². The fourth-order valence-electron chi connectivity index (χ4n) is 1.33. The number of nitrogens with one attached hydrogen (secondary N) is 1. The van der Waals surface area contributed by atoms with Crippen molar-refractivity contribution in [2.24, 2.45) is 0 Å². The number of nitrogens with zero attached hydrogens (tertiary/aromatic N) is 2. The summed E-state index contributed by atoms with van der Waals surface area (Å²) in [5, 5.41) is 12.2. The van der Waals surface area contributed by atoms with Crippen molar-refractivity contribution in [3.05, 3.63) is 36.4 Å². The number of hydrogen-bond acceptors (Lipinski definition) is 6. The second kappa shape index (κ2) is 6.58. The van der Waals surface area contributed by atoms with Crippen molar-refractivity contribution < 1.29 is 4.74 Å². The van der Waals surface area contributed by atoms with E-state index in [2.05, 4.69) is 22.1 Å². The molecule has 0 saturated carbocycles. The zero-order chi connectivity index (χ0) is 13.7. The molecule has 0 fully saturated rings. The van der Waals surface area contributed by atoms with Gasteiger partial charge in [0.15, 0.2) is 4.34 Å². The summed E-state index contributed by atoms with van der Waals surface area (Å²) in [5.74, 6) is 1.68. The number of rotatable bonds is 6. The second-order valence-corrected chi connectivity index (χ2v) is 6.18. The molecule has 0 spiro atoms. The van der Waals surface area contributed by atoms with Gasteiger partial charge in [0.05, 0.1) is 7.11 Å². The molecular formula is C13H15N3OS2. The van der Waals surface area contributed by atoms with E-state index in [0.29, 0.717) is 0 Å². The molecule has 100 valence electrons. The molecule has 0 aliphatic carbocycles. The first-order chi connectivity index (χ1) is 9.17. The van der Waals surface area contributed by atoms with E-state index in [0.717, 1.165) is 32.2 Å². The monoisotopic (exact) mass is 293 g/mol. The number of aromatic nitrogens is 2. The van der Waals surface area contributed by atoms with E-state index >= 15 is 0 Å². The maximum Gasteiger partial charge on any atom is 0.210 e. The predicted octanol–water partition coefficient (Wildman–Crippen LogP) is 3.96. The largest absolute Gasteiger partial charge is 0.497 e. The minimum Gasteiger partial charge on any atom is -0.497 e. The van der Waals surface area contributed by atoms with Crippen LogP contribution in [0.15, 0.2) is 40.8 Å². The molecule has 1 aromatic heterocycles. The highest BCUT2D eigenvalue weighted by atomic mass is 32.2. The molecule has 1 aromatic carbocycles. The Morgan fingerprint density at radius 2 is 2.32 bits per heavy atom. The Morgan fingerprint density at radius 1 is 1.47 bits per heavy atom. The number of thioether (sulfide) groups is 1. The number of hydrogen-bond donors (Lipinski definition) is 1. The third-order valence-corrected chi connectivity index (χ3v) is 4.37. The van der Waals surface area contributed by atoms with Crippen LogP contribution in [0.2, 0.25) is 0 Å². The van der Waals surface area contributed by atoms with Crippen molar-refractivity contribution in [3.63, 3.8) is 0 Å². The van der Waals surface area contributed by atoms with E-state index < -0.39 is 0 Å². The van der Waals surface area contributed by atoms with Crippen molar-refractivity contribution in [3.8, 4) is 5.75 Å². The Bertz CT molecular complexity index is 569. The number of benzene rings is 1. The smallest absolute Gasteiger partial charge is 0.210 e. The first kappa shape index (κ1) is 13.9. The van der Waals surface area contributed by atoms with Crippen LogP contribution in [0.25, 0.3) is 0 Å². The summed E-state index contributed by atoms with van der Waals surface area (Å²) in [6.45, 7) is 5.87. The Kier molecular flexibility index (Phi) is 4.81. The molecule has 1 heterocycles.